The molecule has 1 N–H and O–H groups in total. The number of fused-ring (bicyclic) bond motifs is 1. The first kappa shape index (κ1) is 12.3. The predicted octanol–water partition coefficient (Wildman–Crippen LogP) is 2.05. The maximum absolute atomic E-state index is 4.59. The third kappa shape index (κ3) is 2.80. The van der Waals surface area contributed by atoms with Gasteiger partial charge in [0.2, 0.25) is 0 Å². The number of thiazole rings is 1. The summed E-state index contributed by atoms with van der Waals surface area (Å²) in [7, 11) is 0. The summed E-state index contributed by atoms with van der Waals surface area (Å²) in [5, 5.41) is 12.5. The molecule has 0 amide bonds. The molecule has 0 aliphatic carbocycles. The SMILES string of the molecule is CCNCc1cn(Cc2nc3ccccc3s2)nn1. The molecule has 0 aliphatic heterocycles. The third-order valence-corrected chi connectivity index (χ3v) is 3.80. The van der Waals surface area contributed by atoms with E-state index in [0.29, 0.717) is 6.54 Å². The van der Waals surface area contributed by atoms with Crippen molar-refractivity contribution in [3.63, 3.8) is 0 Å². The molecule has 2 heterocycles. The first-order valence-corrected chi connectivity index (χ1v) is 7.11. The van der Waals surface area contributed by atoms with Gasteiger partial charge in [-0.25, -0.2) is 9.67 Å². The highest BCUT2D eigenvalue weighted by Gasteiger charge is 2.06. The van der Waals surface area contributed by atoms with Crippen LogP contribution in [-0.4, -0.2) is 26.5 Å². The first-order valence-electron chi connectivity index (χ1n) is 6.29. The van der Waals surface area contributed by atoms with Crippen LogP contribution in [0.2, 0.25) is 0 Å². The molecular formula is C13H15N5S. The van der Waals surface area contributed by atoms with Gasteiger partial charge in [-0.05, 0) is 18.7 Å². The fraction of sp³-hybridized carbons (Fsp3) is 0.308. The van der Waals surface area contributed by atoms with E-state index in [2.05, 4.69) is 33.6 Å². The van der Waals surface area contributed by atoms with Crippen LogP contribution in [0.4, 0.5) is 0 Å². The molecular weight excluding hydrogens is 258 g/mol. The van der Waals surface area contributed by atoms with Gasteiger partial charge in [-0.1, -0.05) is 24.3 Å². The Morgan fingerprint density at radius 3 is 3.05 bits per heavy atom. The molecule has 19 heavy (non-hydrogen) atoms. The second kappa shape index (κ2) is 5.46. The van der Waals surface area contributed by atoms with Gasteiger partial charge in [0.1, 0.15) is 5.01 Å². The van der Waals surface area contributed by atoms with Crippen LogP contribution in [0.1, 0.15) is 17.6 Å². The smallest absolute Gasteiger partial charge is 0.115 e. The van der Waals surface area contributed by atoms with Crippen molar-refractivity contribution in [2.24, 2.45) is 0 Å². The molecule has 98 valence electrons. The molecule has 0 saturated carbocycles. The maximum Gasteiger partial charge on any atom is 0.115 e. The fourth-order valence-corrected chi connectivity index (χ4v) is 2.84. The van der Waals surface area contributed by atoms with Gasteiger partial charge in [-0.2, -0.15) is 0 Å². The summed E-state index contributed by atoms with van der Waals surface area (Å²) in [6.07, 6.45) is 1.97. The second-order valence-corrected chi connectivity index (χ2v) is 5.38. The minimum atomic E-state index is 0.679. The summed E-state index contributed by atoms with van der Waals surface area (Å²) in [6.45, 7) is 4.45. The largest absolute Gasteiger partial charge is 0.311 e. The maximum atomic E-state index is 4.59. The summed E-state index contributed by atoms with van der Waals surface area (Å²) in [5.41, 5.74) is 2.01. The Bertz CT molecular complexity index is 639. The van der Waals surface area contributed by atoms with Crippen molar-refractivity contribution in [3.05, 3.63) is 41.2 Å². The summed E-state index contributed by atoms with van der Waals surface area (Å²) < 4.78 is 3.05. The van der Waals surface area contributed by atoms with Crippen molar-refractivity contribution >= 4 is 21.6 Å². The Kier molecular flexibility index (Phi) is 3.52. The molecule has 0 aliphatic rings. The number of nitrogens with zero attached hydrogens (tertiary/aromatic N) is 4. The van der Waals surface area contributed by atoms with Gasteiger partial charge in [0.15, 0.2) is 0 Å². The van der Waals surface area contributed by atoms with Gasteiger partial charge in [0.25, 0.3) is 0 Å². The number of hydrogen-bond donors (Lipinski definition) is 1. The van der Waals surface area contributed by atoms with Crippen molar-refractivity contribution in [2.45, 2.75) is 20.0 Å². The summed E-state index contributed by atoms with van der Waals surface area (Å²) in [4.78, 5) is 4.59. The van der Waals surface area contributed by atoms with E-state index in [-0.39, 0.29) is 0 Å². The van der Waals surface area contributed by atoms with E-state index in [1.165, 1.54) is 4.70 Å². The van der Waals surface area contributed by atoms with Crippen molar-refractivity contribution < 1.29 is 0 Å². The molecule has 3 rings (SSSR count). The van der Waals surface area contributed by atoms with Crippen LogP contribution in [0, 0.1) is 0 Å². The highest BCUT2D eigenvalue weighted by atomic mass is 32.1. The van der Waals surface area contributed by atoms with Gasteiger partial charge in [-0.3, -0.25) is 0 Å². The molecule has 0 unspecified atom stereocenters. The fourth-order valence-electron chi connectivity index (χ4n) is 1.88. The number of benzene rings is 1. The van der Waals surface area contributed by atoms with Gasteiger partial charge in [-0.15, -0.1) is 16.4 Å². The Labute approximate surface area is 115 Å². The van der Waals surface area contributed by atoms with Crippen LogP contribution >= 0.6 is 11.3 Å². The Morgan fingerprint density at radius 2 is 2.21 bits per heavy atom. The normalized spacial score (nSPS) is 11.2. The molecule has 0 radical (unpaired) electrons. The minimum Gasteiger partial charge on any atom is -0.311 e. The zero-order valence-corrected chi connectivity index (χ0v) is 11.5. The molecule has 1 aromatic carbocycles. The number of nitrogens with one attached hydrogen (secondary N) is 1. The van der Waals surface area contributed by atoms with E-state index >= 15 is 0 Å². The molecule has 5 nitrogen and oxygen atoms in total. The highest BCUT2D eigenvalue weighted by molar-refractivity contribution is 7.18. The van der Waals surface area contributed by atoms with Crippen LogP contribution in [-0.2, 0) is 13.1 Å². The zero-order valence-electron chi connectivity index (χ0n) is 10.7. The monoisotopic (exact) mass is 273 g/mol. The summed E-state index contributed by atoms with van der Waals surface area (Å²) >= 11 is 1.70. The number of rotatable bonds is 5. The van der Waals surface area contributed by atoms with Crippen LogP contribution < -0.4 is 5.32 Å². The number of hydrogen-bond acceptors (Lipinski definition) is 5. The van der Waals surface area contributed by atoms with Crippen molar-refractivity contribution in [3.8, 4) is 0 Å². The molecule has 2 aromatic heterocycles. The van der Waals surface area contributed by atoms with Crippen molar-refractivity contribution in [2.75, 3.05) is 6.54 Å². The van der Waals surface area contributed by atoms with Crippen LogP contribution in [0.5, 0.6) is 0 Å². The Balaban J connectivity index is 1.75. The minimum absolute atomic E-state index is 0.679. The topological polar surface area (TPSA) is 55.6 Å². The predicted molar refractivity (Wildman–Crippen MR) is 76.1 cm³/mol. The van der Waals surface area contributed by atoms with Crippen LogP contribution in [0.3, 0.4) is 0 Å². The lowest BCUT2D eigenvalue weighted by Crippen LogP contribution is -2.11. The average molecular weight is 273 g/mol. The van der Waals surface area contributed by atoms with Gasteiger partial charge >= 0.3 is 0 Å². The van der Waals surface area contributed by atoms with E-state index in [4.69, 9.17) is 0 Å². The van der Waals surface area contributed by atoms with E-state index in [9.17, 15) is 0 Å². The lowest BCUT2D eigenvalue weighted by molar-refractivity contribution is 0.646. The van der Waals surface area contributed by atoms with Crippen LogP contribution in [0.25, 0.3) is 10.2 Å². The molecule has 6 heteroatoms. The van der Waals surface area contributed by atoms with Gasteiger partial charge in [0.05, 0.1) is 28.7 Å². The number of para-hydroxylation sites is 1. The molecule has 0 atom stereocenters. The standard InChI is InChI=1S/C13H15N5S/c1-2-14-7-10-8-18(17-16-10)9-13-15-11-5-3-4-6-12(11)19-13/h3-6,8,14H,2,7,9H2,1H3. The summed E-state index contributed by atoms with van der Waals surface area (Å²) in [5.74, 6) is 0. The lowest BCUT2D eigenvalue weighted by Gasteiger charge is -1.95. The zero-order chi connectivity index (χ0) is 13.1. The van der Waals surface area contributed by atoms with E-state index in [1.807, 2.05) is 29.1 Å². The third-order valence-electron chi connectivity index (χ3n) is 2.78. The van der Waals surface area contributed by atoms with Crippen molar-refractivity contribution in [1.29, 1.82) is 0 Å². The van der Waals surface area contributed by atoms with Gasteiger partial charge < -0.3 is 5.32 Å². The second-order valence-electron chi connectivity index (χ2n) is 4.26. The molecule has 0 saturated heterocycles. The highest BCUT2D eigenvalue weighted by Crippen LogP contribution is 2.21. The molecule has 0 fully saturated rings. The quantitative estimate of drug-likeness (QED) is 0.773. The van der Waals surface area contributed by atoms with Gasteiger partial charge in [0, 0.05) is 6.54 Å². The average Bonchev–Trinajstić information content (AvgIpc) is 3.02. The van der Waals surface area contributed by atoms with E-state index in [1.54, 1.807) is 11.3 Å². The lowest BCUT2D eigenvalue weighted by atomic mass is 10.3. The first-order chi connectivity index (χ1) is 9.35. The molecule has 0 spiro atoms. The van der Waals surface area contributed by atoms with Crippen LogP contribution in [0.15, 0.2) is 30.5 Å². The summed E-state index contributed by atoms with van der Waals surface area (Å²) in [6, 6.07) is 8.17. The Hall–Kier alpha value is -1.79. The molecule has 0 bridgehead atoms. The van der Waals surface area contributed by atoms with E-state index < -0.39 is 0 Å². The Morgan fingerprint density at radius 1 is 1.32 bits per heavy atom. The van der Waals surface area contributed by atoms with E-state index in [0.717, 1.165) is 29.3 Å². The van der Waals surface area contributed by atoms with Crippen molar-refractivity contribution in [1.82, 2.24) is 25.3 Å². The molecule has 3 aromatic rings. The number of aromatic nitrogens is 4.